The molecule has 2 aromatic heterocycles. The fourth-order valence-electron chi connectivity index (χ4n) is 13.0. The van der Waals surface area contributed by atoms with Crippen LogP contribution in [-0.4, -0.2) is 46.6 Å². The highest BCUT2D eigenvalue weighted by Crippen LogP contribution is 2.54. The van der Waals surface area contributed by atoms with Crippen LogP contribution in [0.1, 0.15) is 336 Å². The van der Waals surface area contributed by atoms with Gasteiger partial charge in [-0.15, -0.1) is 22.7 Å². The van der Waals surface area contributed by atoms with E-state index in [4.69, 9.17) is 18.6 Å². The number of benzene rings is 2. The van der Waals surface area contributed by atoms with Gasteiger partial charge >= 0.3 is 14.2 Å². The number of halogens is 2. The van der Waals surface area contributed by atoms with Gasteiger partial charge in [-0.3, -0.25) is 0 Å². The van der Waals surface area contributed by atoms with Gasteiger partial charge in [0.2, 0.25) is 0 Å². The molecule has 0 atom stereocenters. The zero-order valence-corrected chi connectivity index (χ0v) is 60.9. The molecule has 7 rings (SSSR count). The number of nitrogens with zero attached hydrogens (tertiary/aromatic N) is 2. The van der Waals surface area contributed by atoms with Gasteiger partial charge in [-0.05, 0) is 147 Å². The molecule has 0 spiro atoms. The maximum Gasteiger partial charge on any atom is 0.494 e. The van der Waals surface area contributed by atoms with E-state index in [2.05, 4.69) is 147 Å². The van der Waals surface area contributed by atoms with Gasteiger partial charge < -0.3 is 18.6 Å². The van der Waals surface area contributed by atoms with E-state index in [1.165, 1.54) is 266 Å². The van der Waals surface area contributed by atoms with Crippen LogP contribution in [0.3, 0.4) is 0 Å². The van der Waals surface area contributed by atoms with E-state index in [-0.39, 0.29) is 42.1 Å². The zero-order valence-electron chi connectivity index (χ0n) is 56.1. The molecule has 0 amide bonds. The molecule has 2 saturated heterocycles. The van der Waals surface area contributed by atoms with Crippen LogP contribution < -0.4 is 10.9 Å². The van der Waals surface area contributed by atoms with Gasteiger partial charge in [0, 0.05) is 5.41 Å². The van der Waals surface area contributed by atoms with Gasteiger partial charge in [-0.2, -0.15) is 0 Å². The summed E-state index contributed by atoms with van der Waals surface area (Å²) in [6.45, 7) is 26.0. The lowest BCUT2D eigenvalue weighted by atomic mass is 9.67. The number of aryl methyl sites for hydroxylation is 2. The largest absolute Gasteiger partial charge is 0.494 e. The third-order valence-electron chi connectivity index (χ3n) is 20.0. The fraction of sp³-hybridized carbons (Fsp3) is 0.753. The molecule has 2 fully saturated rings. The van der Waals surface area contributed by atoms with Crippen LogP contribution in [0.25, 0.3) is 21.1 Å². The minimum atomic E-state index is -0.381. The van der Waals surface area contributed by atoms with E-state index >= 15 is 0 Å². The molecule has 2 aromatic carbocycles. The van der Waals surface area contributed by atoms with E-state index in [0.29, 0.717) is 0 Å². The molecule has 0 bridgehead atoms. The second kappa shape index (κ2) is 36.6. The second-order valence-corrected chi connectivity index (χ2v) is 32.8. The maximum atomic E-state index is 6.73. The maximum absolute atomic E-state index is 6.73. The quantitative estimate of drug-likeness (QED) is 0.0326. The minimum absolute atomic E-state index is 0.0753. The Balaban J connectivity index is 0.000000716. The van der Waals surface area contributed by atoms with Crippen molar-refractivity contribution >= 4 is 79.7 Å². The monoisotopic (exact) mass is 1330 g/mol. The van der Waals surface area contributed by atoms with E-state index in [0.717, 1.165) is 39.9 Å². The standard InChI is InChI=1S/C65H112B2O4.C8H6Br2N2S2/c1-11-13-15-17-19-21-23-25-27-29-31-33-35-37-39-41-43-45-51-65(52-46-44-42-40-38-36-34-32-30-28-26-24-22-20-18-16-14-12-2)59-53-55(66-68-61(3,4)62(5,6)69-66)47-49-57(59)58-50-48-56(54-60(58)65)67-70-63(7,8)64(9,10)71-67;1-3-5(9)13-7(11-3)8-12-4(2)6(10)14-8/h47-50,53-54H,11-46,51-52H2,1-10H3;1-2H3. The first-order valence-electron chi connectivity index (χ1n) is 35.0. The minimum Gasteiger partial charge on any atom is -0.399 e. The molecule has 85 heavy (non-hydrogen) atoms. The molecule has 0 N–H and O–H groups in total. The Bertz CT molecular complexity index is 2300. The Kier molecular flexibility index (Phi) is 31.3. The molecule has 0 radical (unpaired) electrons. The summed E-state index contributed by atoms with van der Waals surface area (Å²) in [7, 11) is -0.746. The van der Waals surface area contributed by atoms with E-state index in [1.807, 2.05) is 13.8 Å². The molecule has 2 aliphatic heterocycles. The first-order chi connectivity index (χ1) is 40.8. The summed E-state index contributed by atoms with van der Waals surface area (Å²) in [5.74, 6) is 0. The highest BCUT2D eigenvalue weighted by atomic mass is 79.9. The number of aromatic nitrogens is 2. The van der Waals surface area contributed by atoms with E-state index in [1.54, 1.807) is 22.7 Å². The van der Waals surface area contributed by atoms with Gasteiger partial charge in [0.15, 0.2) is 10.0 Å². The zero-order chi connectivity index (χ0) is 61.4. The van der Waals surface area contributed by atoms with Gasteiger partial charge in [-0.1, -0.05) is 281 Å². The van der Waals surface area contributed by atoms with Gasteiger partial charge in [0.1, 0.15) is 0 Å². The van der Waals surface area contributed by atoms with Crippen molar-refractivity contribution in [2.24, 2.45) is 0 Å². The predicted molar refractivity (Wildman–Crippen MR) is 379 cm³/mol. The average Bonchev–Trinajstić information content (AvgIpc) is 1.68. The molecule has 6 nitrogen and oxygen atoms in total. The van der Waals surface area contributed by atoms with Gasteiger partial charge in [0.25, 0.3) is 0 Å². The Morgan fingerprint density at radius 3 is 0.824 bits per heavy atom. The summed E-state index contributed by atoms with van der Waals surface area (Å²) in [5.41, 5.74) is 8.52. The molecular weight excluding hydrogens is 1210 g/mol. The van der Waals surface area contributed by atoms with Crippen LogP contribution in [0.5, 0.6) is 0 Å². The van der Waals surface area contributed by atoms with Crippen LogP contribution in [0.2, 0.25) is 0 Å². The molecule has 12 heteroatoms. The fourth-order valence-corrected chi connectivity index (χ4v) is 15.7. The number of rotatable bonds is 41. The smallest absolute Gasteiger partial charge is 0.399 e. The van der Waals surface area contributed by atoms with Crippen molar-refractivity contribution < 1.29 is 18.6 Å². The molecule has 1 aliphatic carbocycles. The number of hydrogen-bond acceptors (Lipinski definition) is 8. The van der Waals surface area contributed by atoms with Crippen LogP contribution >= 0.6 is 54.5 Å². The van der Waals surface area contributed by atoms with Crippen LogP contribution in [-0.2, 0) is 24.0 Å². The first-order valence-corrected chi connectivity index (χ1v) is 38.2. The number of thiazole rings is 2. The van der Waals surface area contributed by atoms with Crippen LogP contribution in [0.4, 0.5) is 0 Å². The summed E-state index contributed by atoms with van der Waals surface area (Å²) in [5, 5.41) is 1.96. The molecule has 4 heterocycles. The summed E-state index contributed by atoms with van der Waals surface area (Å²) in [6.07, 6.45) is 52.9. The molecule has 476 valence electrons. The SMILES string of the molecule is CCCCCCCCCCCCCCCCCCCCC1(CCCCCCCCCCCCCCCCCCCC)c2cc(B3OC(C)(C)C(C)(C)O3)ccc2-c2ccc(B3OC(C)(C)C(C)(C)O3)cc21.Cc1nc(-c2nc(C)c(Br)s2)sc1Br. The second-order valence-electron chi connectivity index (χ2n) is 28.1. The van der Waals surface area contributed by atoms with Crippen LogP contribution in [0, 0.1) is 13.8 Å². The normalized spacial score (nSPS) is 17.0. The van der Waals surface area contributed by atoms with Gasteiger partial charge in [0.05, 0.1) is 41.4 Å². The Morgan fingerprint density at radius 2 is 0.600 bits per heavy atom. The van der Waals surface area contributed by atoms with Gasteiger partial charge in [-0.25, -0.2) is 9.97 Å². The predicted octanol–water partition coefficient (Wildman–Crippen LogP) is 23.8. The van der Waals surface area contributed by atoms with Crippen molar-refractivity contribution in [2.45, 2.75) is 355 Å². The first kappa shape index (κ1) is 72.7. The average molecular weight is 1330 g/mol. The summed E-state index contributed by atoms with van der Waals surface area (Å²) >= 11 is 10.2. The number of fused-ring (bicyclic) bond motifs is 3. The number of hydrogen-bond donors (Lipinski definition) is 0. The van der Waals surface area contributed by atoms with E-state index in [9.17, 15) is 0 Å². The summed E-state index contributed by atoms with van der Waals surface area (Å²) in [4.78, 5) is 8.87. The van der Waals surface area contributed by atoms with E-state index < -0.39 is 0 Å². The van der Waals surface area contributed by atoms with Crippen molar-refractivity contribution in [3.05, 3.63) is 66.5 Å². The lowest BCUT2D eigenvalue weighted by molar-refractivity contribution is 0.00578. The highest BCUT2D eigenvalue weighted by molar-refractivity contribution is 9.11. The lowest BCUT2D eigenvalue weighted by Gasteiger charge is -2.33. The Labute approximate surface area is 546 Å². The molecular formula is C73H118B2Br2N2O4S2. The van der Waals surface area contributed by atoms with Crippen molar-refractivity contribution in [2.75, 3.05) is 0 Å². The summed E-state index contributed by atoms with van der Waals surface area (Å²) < 4.78 is 29.1. The van der Waals surface area contributed by atoms with Crippen LogP contribution in [0.15, 0.2) is 44.0 Å². The molecule has 0 saturated carbocycles. The Hall–Kier alpha value is -1.37. The van der Waals surface area contributed by atoms with Crippen molar-refractivity contribution in [3.63, 3.8) is 0 Å². The molecule has 0 unspecified atom stereocenters. The third kappa shape index (κ3) is 21.9. The topological polar surface area (TPSA) is 62.7 Å². The highest BCUT2D eigenvalue weighted by Gasteiger charge is 2.54. The van der Waals surface area contributed by atoms with Crippen molar-refractivity contribution in [3.8, 4) is 21.1 Å². The third-order valence-corrected chi connectivity index (χ3v) is 24.2. The van der Waals surface area contributed by atoms with Crippen molar-refractivity contribution in [1.29, 1.82) is 0 Å². The summed E-state index contributed by atoms with van der Waals surface area (Å²) in [6, 6.07) is 14.4. The lowest BCUT2D eigenvalue weighted by Crippen LogP contribution is -2.41. The van der Waals surface area contributed by atoms with Crippen molar-refractivity contribution in [1.82, 2.24) is 9.97 Å². The molecule has 4 aromatic rings. The number of unbranched alkanes of at least 4 members (excludes halogenated alkanes) is 34. The Morgan fingerprint density at radius 1 is 0.365 bits per heavy atom. The molecule has 3 aliphatic rings.